The lowest BCUT2D eigenvalue weighted by Gasteiger charge is -2.07. The zero-order valence-electron chi connectivity index (χ0n) is 14.8. The van der Waals surface area contributed by atoms with Gasteiger partial charge in [-0.05, 0) is 24.1 Å². The molecule has 0 aliphatic heterocycles. The zero-order valence-corrected chi connectivity index (χ0v) is 15.7. The Bertz CT molecular complexity index is 1040. The van der Waals surface area contributed by atoms with Gasteiger partial charge in [-0.2, -0.15) is 5.10 Å². The van der Waals surface area contributed by atoms with Gasteiger partial charge in [-0.15, -0.1) is 0 Å². The third-order valence-electron chi connectivity index (χ3n) is 4.23. The number of ketones is 1. The maximum Gasteiger partial charge on any atom is 0.183 e. The van der Waals surface area contributed by atoms with Crippen molar-refractivity contribution in [3.63, 3.8) is 0 Å². The van der Waals surface area contributed by atoms with Crippen LogP contribution in [0.4, 0.5) is 0 Å². The smallest absolute Gasteiger partial charge is 0.183 e. The van der Waals surface area contributed by atoms with E-state index in [0.717, 1.165) is 17.4 Å². The number of carbonyl (C=O) groups is 1. The summed E-state index contributed by atoms with van der Waals surface area (Å²) in [4.78, 5) is 12.8. The number of benzene rings is 2. The highest BCUT2D eigenvalue weighted by Crippen LogP contribution is 2.34. The zero-order chi connectivity index (χ0) is 19.4. The fourth-order valence-corrected chi connectivity index (χ4v) is 3.50. The van der Waals surface area contributed by atoms with Gasteiger partial charge in [0, 0.05) is 30.4 Å². The number of rotatable bonds is 7. The number of aliphatic hydroxyl groups excluding tert-OH is 1. The van der Waals surface area contributed by atoms with Crippen molar-refractivity contribution in [1.29, 1.82) is 0 Å². The van der Waals surface area contributed by atoms with Crippen LogP contribution in [-0.2, 0) is 9.84 Å². The second kappa shape index (κ2) is 7.85. The van der Waals surface area contributed by atoms with E-state index in [1.54, 1.807) is 12.1 Å². The lowest BCUT2D eigenvalue weighted by molar-refractivity contribution is 0.0967. The van der Waals surface area contributed by atoms with Crippen molar-refractivity contribution in [3.05, 3.63) is 60.3 Å². The normalized spacial score (nSPS) is 11.5. The number of aromatic amines is 1. The first-order chi connectivity index (χ1) is 12.9. The van der Waals surface area contributed by atoms with E-state index in [1.165, 1.54) is 12.1 Å². The van der Waals surface area contributed by atoms with Crippen molar-refractivity contribution in [1.82, 2.24) is 10.2 Å². The van der Waals surface area contributed by atoms with Crippen LogP contribution in [0, 0.1) is 0 Å². The minimum absolute atomic E-state index is 0.0589. The number of nitrogens with zero attached hydrogens (tertiary/aromatic N) is 1. The Balaban J connectivity index is 2.10. The topological polar surface area (TPSA) is 100 Å². The quantitative estimate of drug-likeness (QED) is 0.610. The lowest BCUT2D eigenvalue weighted by Crippen LogP contribution is -2.03. The number of aliphatic hydroxyl groups is 1. The molecule has 2 aromatic carbocycles. The molecule has 0 saturated heterocycles. The predicted molar refractivity (Wildman–Crippen MR) is 103 cm³/mol. The molecule has 0 radical (unpaired) electrons. The van der Waals surface area contributed by atoms with Crippen LogP contribution in [0.2, 0.25) is 0 Å². The van der Waals surface area contributed by atoms with E-state index < -0.39 is 9.84 Å². The van der Waals surface area contributed by atoms with Crippen molar-refractivity contribution < 1.29 is 18.3 Å². The highest BCUT2D eigenvalue weighted by Gasteiger charge is 2.21. The molecule has 0 aliphatic carbocycles. The molecule has 0 bridgehead atoms. The van der Waals surface area contributed by atoms with Gasteiger partial charge in [-0.25, -0.2) is 8.42 Å². The molecule has 2 N–H and O–H groups in total. The van der Waals surface area contributed by atoms with Crippen LogP contribution in [0.25, 0.3) is 22.4 Å². The van der Waals surface area contributed by atoms with Gasteiger partial charge >= 0.3 is 0 Å². The third-order valence-corrected chi connectivity index (χ3v) is 5.35. The fraction of sp³-hybridized carbons (Fsp3) is 0.200. The number of carbonyl (C=O) groups excluding carboxylic acids is 1. The minimum atomic E-state index is -3.29. The summed E-state index contributed by atoms with van der Waals surface area (Å²) in [6.07, 6.45) is 1.73. The Hall–Kier alpha value is -2.77. The Morgan fingerprint density at radius 3 is 2.30 bits per heavy atom. The number of aromatic nitrogens is 2. The van der Waals surface area contributed by atoms with Crippen LogP contribution in [0.5, 0.6) is 0 Å². The highest BCUT2D eigenvalue weighted by molar-refractivity contribution is 7.90. The third kappa shape index (κ3) is 4.15. The molecular weight excluding hydrogens is 364 g/mol. The van der Waals surface area contributed by atoms with Gasteiger partial charge < -0.3 is 5.11 Å². The van der Waals surface area contributed by atoms with Crippen LogP contribution < -0.4 is 0 Å². The van der Waals surface area contributed by atoms with Crippen molar-refractivity contribution in [2.45, 2.75) is 17.7 Å². The van der Waals surface area contributed by atoms with E-state index in [0.29, 0.717) is 23.4 Å². The first kappa shape index (κ1) is 19.0. The van der Waals surface area contributed by atoms with Gasteiger partial charge in [0.15, 0.2) is 15.6 Å². The SMILES string of the molecule is CS(=O)(=O)c1ccc(-c2[nH]nc(C(=O)CCCO)c2-c2ccccc2)cc1. The Labute approximate surface area is 157 Å². The number of hydrogen-bond acceptors (Lipinski definition) is 5. The molecule has 0 spiro atoms. The van der Waals surface area contributed by atoms with Crippen LogP contribution in [0.1, 0.15) is 23.3 Å². The summed E-state index contributed by atoms with van der Waals surface area (Å²) in [5.74, 6) is -0.154. The van der Waals surface area contributed by atoms with E-state index in [9.17, 15) is 13.2 Å². The van der Waals surface area contributed by atoms with Gasteiger partial charge in [0.2, 0.25) is 0 Å². The van der Waals surface area contributed by atoms with E-state index in [-0.39, 0.29) is 23.7 Å². The lowest BCUT2D eigenvalue weighted by atomic mass is 9.96. The highest BCUT2D eigenvalue weighted by atomic mass is 32.2. The fourth-order valence-electron chi connectivity index (χ4n) is 2.87. The van der Waals surface area contributed by atoms with Gasteiger partial charge in [0.25, 0.3) is 0 Å². The summed E-state index contributed by atoms with van der Waals surface area (Å²) in [5, 5.41) is 16.1. The van der Waals surface area contributed by atoms with Gasteiger partial charge in [-0.1, -0.05) is 42.5 Å². The molecule has 27 heavy (non-hydrogen) atoms. The number of sulfone groups is 1. The van der Waals surface area contributed by atoms with Gasteiger partial charge in [0.05, 0.1) is 10.6 Å². The van der Waals surface area contributed by atoms with Gasteiger partial charge in [-0.3, -0.25) is 9.89 Å². The largest absolute Gasteiger partial charge is 0.396 e. The summed E-state index contributed by atoms with van der Waals surface area (Å²) in [6, 6.07) is 15.9. The molecule has 6 nitrogen and oxygen atoms in total. The molecule has 3 rings (SSSR count). The molecule has 3 aromatic rings. The number of Topliss-reactive ketones (excluding diaryl/α,β-unsaturated/α-hetero) is 1. The summed E-state index contributed by atoms with van der Waals surface area (Å²) in [6.45, 7) is -0.0589. The average molecular weight is 384 g/mol. The van der Waals surface area contributed by atoms with E-state index in [2.05, 4.69) is 10.2 Å². The molecule has 140 valence electrons. The second-order valence-electron chi connectivity index (χ2n) is 6.24. The minimum Gasteiger partial charge on any atom is -0.396 e. The first-order valence-electron chi connectivity index (χ1n) is 8.50. The van der Waals surface area contributed by atoms with E-state index in [4.69, 9.17) is 5.11 Å². The number of hydrogen-bond donors (Lipinski definition) is 2. The van der Waals surface area contributed by atoms with Crippen LogP contribution in [0.15, 0.2) is 59.5 Å². The summed E-state index contributed by atoms with van der Waals surface area (Å²) in [5.41, 5.74) is 3.20. The molecular formula is C20H20N2O4S. The molecule has 0 aliphatic rings. The molecule has 7 heteroatoms. The van der Waals surface area contributed by atoms with Crippen molar-refractivity contribution in [3.8, 4) is 22.4 Å². The standard InChI is InChI=1S/C20H20N2O4S/c1-27(25,26)16-11-9-15(10-12-16)19-18(14-6-3-2-4-7-14)20(22-21-19)17(24)8-5-13-23/h2-4,6-7,9-12,23H,5,8,13H2,1H3,(H,21,22). The Morgan fingerprint density at radius 1 is 1.04 bits per heavy atom. The molecule has 1 heterocycles. The van der Waals surface area contributed by atoms with Crippen molar-refractivity contribution >= 4 is 15.6 Å². The Kier molecular flexibility index (Phi) is 5.53. The number of nitrogens with one attached hydrogen (secondary N) is 1. The van der Waals surface area contributed by atoms with Gasteiger partial charge in [0.1, 0.15) is 5.69 Å². The van der Waals surface area contributed by atoms with E-state index in [1.807, 2.05) is 30.3 Å². The first-order valence-corrected chi connectivity index (χ1v) is 10.4. The van der Waals surface area contributed by atoms with Crippen LogP contribution in [0.3, 0.4) is 0 Å². The maximum atomic E-state index is 12.6. The summed E-state index contributed by atoms with van der Waals surface area (Å²) in [7, 11) is -3.29. The van der Waals surface area contributed by atoms with Crippen LogP contribution in [-0.4, -0.2) is 42.4 Å². The molecule has 1 aromatic heterocycles. The molecule has 0 atom stereocenters. The number of H-pyrrole nitrogens is 1. The van der Waals surface area contributed by atoms with Crippen molar-refractivity contribution in [2.75, 3.05) is 12.9 Å². The molecule has 0 saturated carbocycles. The Morgan fingerprint density at radius 2 is 1.70 bits per heavy atom. The maximum absolute atomic E-state index is 12.6. The molecule has 0 unspecified atom stereocenters. The monoisotopic (exact) mass is 384 g/mol. The average Bonchev–Trinajstić information content (AvgIpc) is 3.11. The van der Waals surface area contributed by atoms with E-state index >= 15 is 0 Å². The summed E-state index contributed by atoms with van der Waals surface area (Å²) >= 11 is 0. The molecule has 0 amide bonds. The van der Waals surface area contributed by atoms with Crippen LogP contribution >= 0.6 is 0 Å². The second-order valence-corrected chi connectivity index (χ2v) is 8.25. The summed E-state index contributed by atoms with van der Waals surface area (Å²) < 4.78 is 23.4. The molecule has 0 fully saturated rings. The van der Waals surface area contributed by atoms with Crippen molar-refractivity contribution in [2.24, 2.45) is 0 Å². The predicted octanol–water partition coefficient (Wildman–Crippen LogP) is 3.10.